The van der Waals surface area contributed by atoms with E-state index in [4.69, 9.17) is 4.74 Å². The highest BCUT2D eigenvalue weighted by molar-refractivity contribution is 5.63. The summed E-state index contributed by atoms with van der Waals surface area (Å²) in [6.45, 7) is 2.13. The highest BCUT2D eigenvalue weighted by atomic mass is 19.4. The molecule has 8 heteroatoms. The topological polar surface area (TPSA) is 59.1 Å². The molecule has 31 heavy (non-hydrogen) atoms. The van der Waals surface area contributed by atoms with Gasteiger partial charge in [-0.05, 0) is 54.8 Å². The smallest absolute Gasteiger partial charge is 0.421 e. The minimum absolute atomic E-state index is 0.0553. The molecule has 5 nitrogen and oxygen atoms in total. The molecular formula is C23H25F3N4O. The molecule has 0 radical (unpaired) electrons. The number of ether oxygens (including phenoxy) is 1. The molecule has 2 N–H and O–H groups in total. The number of benzene rings is 2. The molecule has 0 bridgehead atoms. The Hall–Kier alpha value is -3.29. The number of hydrogen-bond donors (Lipinski definition) is 2. The third kappa shape index (κ3) is 6.34. The second-order valence-electron chi connectivity index (χ2n) is 7.09. The molecule has 0 aliphatic heterocycles. The first kappa shape index (κ1) is 22.4. The van der Waals surface area contributed by atoms with Crippen molar-refractivity contribution >= 4 is 23.1 Å². The summed E-state index contributed by atoms with van der Waals surface area (Å²) >= 11 is 0. The Bertz CT molecular complexity index is 991. The fourth-order valence-electron chi connectivity index (χ4n) is 3.07. The fourth-order valence-corrected chi connectivity index (χ4v) is 3.07. The van der Waals surface area contributed by atoms with Crippen LogP contribution in [0.25, 0.3) is 0 Å². The van der Waals surface area contributed by atoms with E-state index in [1.54, 1.807) is 37.4 Å². The van der Waals surface area contributed by atoms with Crippen LogP contribution in [0.1, 0.15) is 37.3 Å². The summed E-state index contributed by atoms with van der Waals surface area (Å²) < 4.78 is 45.7. The minimum atomic E-state index is -4.58. The van der Waals surface area contributed by atoms with Crippen LogP contribution in [0.4, 0.5) is 36.3 Å². The number of alkyl halides is 3. The van der Waals surface area contributed by atoms with Crippen molar-refractivity contribution < 1.29 is 17.9 Å². The second kappa shape index (κ2) is 10.1. The van der Waals surface area contributed by atoms with Gasteiger partial charge in [-0.3, -0.25) is 0 Å². The summed E-state index contributed by atoms with van der Waals surface area (Å²) in [6.07, 6.45) is 0.340. The summed E-state index contributed by atoms with van der Waals surface area (Å²) in [5, 5.41) is 5.74. The average molecular weight is 430 g/mol. The van der Waals surface area contributed by atoms with Gasteiger partial charge in [0.2, 0.25) is 5.95 Å². The lowest BCUT2D eigenvalue weighted by molar-refractivity contribution is -0.137. The van der Waals surface area contributed by atoms with Gasteiger partial charge in [-0.15, -0.1) is 0 Å². The van der Waals surface area contributed by atoms with Crippen LogP contribution in [-0.2, 0) is 12.6 Å². The van der Waals surface area contributed by atoms with Crippen molar-refractivity contribution in [3.63, 3.8) is 0 Å². The molecular weight excluding hydrogens is 405 g/mol. The predicted molar refractivity (Wildman–Crippen MR) is 116 cm³/mol. The number of nitrogens with one attached hydrogen (secondary N) is 2. The predicted octanol–water partition coefficient (Wildman–Crippen LogP) is 6.72. The number of hydrogen-bond acceptors (Lipinski definition) is 5. The summed E-state index contributed by atoms with van der Waals surface area (Å²) in [5.41, 5.74) is 1.32. The largest absolute Gasteiger partial charge is 0.497 e. The van der Waals surface area contributed by atoms with Crippen molar-refractivity contribution in [1.29, 1.82) is 0 Å². The fraction of sp³-hybridized carbons (Fsp3) is 0.304. The zero-order valence-electron chi connectivity index (χ0n) is 17.5. The highest BCUT2D eigenvalue weighted by Gasteiger charge is 2.35. The summed E-state index contributed by atoms with van der Waals surface area (Å²) in [6, 6.07) is 14.3. The maximum atomic E-state index is 13.5. The number of halogens is 3. The van der Waals surface area contributed by atoms with E-state index in [-0.39, 0.29) is 11.8 Å². The van der Waals surface area contributed by atoms with Gasteiger partial charge in [0.05, 0.1) is 7.11 Å². The van der Waals surface area contributed by atoms with Crippen LogP contribution in [0, 0.1) is 0 Å². The molecule has 0 amide bonds. The molecule has 1 aromatic heterocycles. The van der Waals surface area contributed by atoms with Crippen molar-refractivity contribution in [2.45, 2.75) is 38.8 Å². The molecule has 0 saturated heterocycles. The quantitative estimate of drug-likeness (QED) is 0.369. The molecule has 0 fully saturated rings. The molecule has 3 rings (SSSR count). The van der Waals surface area contributed by atoms with Crippen molar-refractivity contribution in [2.75, 3.05) is 17.7 Å². The van der Waals surface area contributed by atoms with Gasteiger partial charge in [0.1, 0.15) is 17.1 Å². The molecule has 0 atom stereocenters. The Balaban J connectivity index is 1.84. The van der Waals surface area contributed by atoms with Crippen LogP contribution >= 0.6 is 0 Å². The number of methoxy groups -OCH3 is 1. The Labute approximate surface area is 179 Å². The number of rotatable bonds is 9. The lowest BCUT2D eigenvalue weighted by Crippen LogP contribution is -2.12. The van der Waals surface area contributed by atoms with Crippen molar-refractivity contribution in [3.05, 3.63) is 65.9 Å². The molecule has 2 aromatic carbocycles. The minimum Gasteiger partial charge on any atom is -0.497 e. The monoisotopic (exact) mass is 430 g/mol. The van der Waals surface area contributed by atoms with Gasteiger partial charge in [-0.25, -0.2) is 4.98 Å². The number of unbranched alkanes of at least 4 members (excludes halogenated alkanes) is 2. The van der Waals surface area contributed by atoms with Gasteiger partial charge in [-0.2, -0.15) is 18.2 Å². The van der Waals surface area contributed by atoms with Gasteiger partial charge in [0, 0.05) is 17.6 Å². The molecule has 0 saturated carbocycles. The second-order valence-corrected chi connectivity index (χ2v) is 7.09. The Morgan fingerprint density at radius 1 is 0.968 bits per heavy atom. The third-order valence-electron chi connectivity index (χ3n) is 4.70. The first-order valence-electron chi connectivity index (χ1n) is 10.1. The lowest BCUT2D eigenvalue weighted by atomic mass is 10.1. The van der Waals surface area contributed by atoms with E-state index in [0.29, 0.717) is 17.1 Å². The summed E-state index contributed by atoms with van der Waals surface area (Å²) in [7, 11) is 1.55. The SMILES string of the molecule is CCCCCc1cccc(Nc2nc(Nc3ccc(OC)cc3)ncc2C(F)(F)F)c1. The lowest BCUT2D eigenvalue weighted by Gasteiger charge is -2.15. The molecule has 0 aliphatic carbocycles. The first-order valence-corrected chi connectivity index (χ1v) is 10.1. The highest BCUT2D eigenvalue weighted by Crippen LogP contribution is 2.35. The van der Waals surface area contributed by atoms with Crippen molar-refractivity contribution in [1.82, 2.24) is 9.97 Å². The molecule has 0 unspecified atom stereocenters. The zero-order valence-corrected chi connectivity index (χ0v) is 17.5. The number of aromatic nitrogens is 2. The number of nitrogens with zero attached hydrogens (tertiary/aromatic N) is 2. The van der Waals surface area contributed by atoms with E-state index in [0.717, 1.165) is 37.4 Å². The zero-order chi connectivity index (χ0) is 22.3. The van der Waals surface area contributed by atoms with Crippen LogP contribution < -0.4 is 15.4 Å². The van der Waals surface area contributed by atoms with Crippen molar-refractivity contribution in [2.24, 2.45) is 0 Å². The Morgan fingerprint density at radius 2 is 1.74 bits per heavy atom. The average Bonchev–Trinajstić information content (AvgIpc) is 2.74. The maximum absolute atomic E-state index is 13.5. The van der Waals surface area contributed by atoms with Gasteiger partial charge < -0.3 is 15.4 Å². The van der Waals surface area contributed by atoms with Crippen LogP contribution in [-0.4, -0.2) is 17.1 Å². The summed E-state index contributed by atoms with van der Waals surface area (Å²) in [5.74, 6) is 0.420. The van der Waals surface area contributed by atoms with E-state index in [1.807, 2.05) is 18.2 Å². The van der Waals surface area contributed by atoms with Crippen LogP contribution in [0.5, 0.6) is 5.75 Å². The van der Waals surface area contributed by atoms with E-state index >= 15 is 0 Å². The Kier molecular flexibility index (Phi) is 7.33. The van der Waals surface area contributed by atoms with Gasteiger partial charge >= 0.3 is 6.18 Å². The van der Waals surface area contributed by atoms with Gasteiger partial charge in [-0.1, -0.05) is 31.9 Å². The van der Waals surface area contributed by atoms with E-state index < -0.39 is 11.7 Å². The molecule has 0 spiro atoms. The summed E-state index contributed by atoms with van der Waals surface area (Å²) in [4.78, 5) is 7.93. The first-order chi connectivity index (χ1) is 14.9. The van der Waals surface area contributed by atoms with E-state index in [1.165, 1.54) is 0 Å². The third-order valence-corrected chi connectivity index (χ3v) is 4.70. The normalized spacial score (nSPS) is 11.3. The maximum Gasteiger partial charge on any atom is 0.421 e. The van der Waals surface area contributed by atoms with Crippen LogP contribution in [0.2, 0.25) is 0 Å². The number of anilines is 4. The van der Waals surface area contributed by atoms with Crippen LogP contribution in [0.15, 0.2) is 54.7 Å². The van der Waals surface area contributed by atoms with Crippen molar-refractivity contribution in [3.8, 4) is 5.75 Å². The van der Waals surface area contributed by atoms with Gasteiger partial charge in [0.25, 0.3) is 0 Å². The number of aryl methyl sites for hydroxylation is 1. The molecule has 1 heterocycles. The standard InChI is InChI=1S/C23H25F3N4O/c1-3-4-5-7-16-8-6-9-18(14-16)28-21-20(23(24,25)26)15-27-22(30-21)29-17-10-12-19(31-2)13-11-17/h6,8-15H,3-5,7H2,1-2H3,(H2,27,28,29,30). The van der Waals surface area contributed by atoms with E-state index in [9.17, 15) is 13.2 Å². The molecule has 3 aromatic rings. The van der Waals surface area contributed by atoms with Gasteiger partial charge in [0.15, 0.2) is 0 Å². The molecule has 164 valence electrons. The molecule has 0 aliphatic rings. The van der Waals surface area contributed by atoms with Crippen LogP contribution in [0.3, 0.4) is 0 Å². The Morgan fingerprint density at radius 3 is 2.42 bits per heavy atom. The van der Waals surface area contributed by atoms with E-state index in [2.05, 4.69) is 27.5 Å².